The molecule has 230 valence electrons. The molecule has 3 aliphatic rings. The monoisotopic (exact) mass is 580 g/mol. The summed E-state index contributed by atoms with van der Waals surface area (Å²) in [5.41, 5.74) is 1.72. The average Bonchev–Trinajstić information content (AvgIpc) is 3.39. The molecule has 5 rings (SSSR count). The van der Waals surface area contributed by atoms with Gasteiger partial charge >= 0.3 is 5.97 Å². The lowest BCUT2D eigenvalue weighted by atomic mass is 9.73. The Bertz CT molecular complexity index is 1180. The van der Waals surface area contributed by atoms with Gasteiger partial charge in [-0.2, -0.15) is 0 Å². The van der Waals surface area contributed by atoms with Gasteiger partial charge in [0.15, 0.2) is 11.5 Å². The molecule has 2 heterocycles. The second kappa shape index (κ2) is 14.2. The van der Waals surface area contributed by atoms with E-state index >= 15 is 0 Å². The number of hydrogen-bond donors (Lipinski definition) is 1. The SMILES string of the molecule is COc1ccc(CCCC2CCN(C[C@H]3CN(CC4(C(=O)O)CCCCC4)C[C@@H]3c3cccc(F)c3)CC2)cc1OC. The van der Waals surface area contributed by atoms with E-state index < -0.39 is 11.4 Å². The van der Waals surface area contributed by atoms with Crippen molar-refractivity contribution in [3.05, 3.63) is 59.4 Å². The van der Waals surface area contributed by atoms with Crippen LogP contribution in [0.15, 0.2) is 42.5 Å². The summed E-state index contributed by atoms with van der Waals surface area (Å²) in [5.74, 6) is 2.10. The second-order valence-electron chi connectivity index (χ2n) is 13.1. The van der Waals surface area contributed by atoms with Crippen LogP contribution in [-0.4, -0.2) is 74.4 Å². The molecular weight excluding hydrogens is 531 g/mol. The van der Waals surface area contributed by atoms with Crippen LogP contribution in [0.4, 0.5) is 4.39 Å². The first-order chi connectivity index (χ1) is 20.4. The number of halogens is 1. The Morgan fingerprint density at radius 1 is 0.976 bits per heavy atom. The number of methoxy groups -OCH3 is 2. The topological polar surface area (TPSA) is 62.2 Å². The Kier molecular flexibility index (Phi) is 10.4. The highest BCUT2D eigenvalue weighted by molar-refractivity contribution is 5.75. The number of nitrogens with zero attached hydrogens (tertiary/aromatic N) is 2. The van der Waals surface area contributed by atoms with Gasteiger partial charge in [0, 0.05) is 32.1 Å². The fourth-order valence-electron chi connectivity index (χ4n) is 7.91. The molecule has 2 aromatic carbocycles. The fourth-order valence-corrected chi connectivity index (χ4v) is 7.91. The average molecular weight is 581 g/mol. The van der Waals surface area contributed by atoms with Gasteiger partial charge in [0.25, 0.3) is 0 Å². The summed E-state index contributed by atoms with van der Waals surface area (Å²) in [5, 5.41) is 10.2. The number of likely N-dealkylation sites (tertiary alicyclic amines) is 2. The molecule has 7 heteroatoms. The summed E-state index contributed by atoms with van der Waals surface area (Å²) in [6, 6.07) is 13.3. The van der Waals surface area contributed by atoms with Crippen LogP contribution in [0.1, 0.15) is 74.8 Å². The molecule has 0 aromatic heterocycles. The highest BCUT2D eigenvalue weighted by atomic mass is 19.1. The van der Waals surface area contributed by atoms with Gasteiger partial charge in [-0.3, -0.25) is 4.79 Å². The van der Waals surface area contributed by atoms with E-state index in [1.54, 1.807) is 20.3 Å². The molecule has 0 bridgehead atoms. The van der Waals surface area contributed by atoms with Crippen molar-refractivity contribution in [1.82, 2.24) is 9.80 Å². The lowest BCUT2D eigenvalue weighted by molar-refractivity contribution is -0.152. The zero-order valence-electron chi connectivity index (χ0n) is 25.5. The van der Waals surface area contributed by atoms with Crippen LogP contribution in [-0.2, 0) is 11.2 Å². The number of hydrogen-bond acceptors (Lipinski definition) is 5. The van der Waals surface area contributed by atoms with Crippen molar-refractivity contribution in [2.75, 3.05) is 53.5 Å². The molecule has 2 saturated heterocycles. The van der Waals surface area contributed by atoms with Gasteiger partial charge in [0.05, 0.1) is 19.6 Å². The highest BCUT2D eigenvalue weighted by Crippen LogP contribution is 2.41. The predicted octanol–water partition coefficient (Wildman–Crippen LogP) is 6.63. The molecular formula is C35H49FN2O4. The first-order valence-corrected chi connectivity index (χ1v) is 16.0. The standard InChI is InChI=1S/C35H49FN2O4/c1-41-32-13-12-27(20-33(32)42-2)9-6-8-26-14-18-37(19-15-26)22-29-23-38(24-31(29)28-10-7-11-30(36)21-28)25-35(34(39)40)16-4-3-5-17-35/h7,10-13,20-21,26,29,31H,3-6,8-9,14-19,22-25H2,1-2H3,(H,39,40)/t29-,31+/m0/s1. The molecule has 1 saturated carbocycles. The van der Waals surface area contributed by atoms with Gasteiger partial charge in [0.2, 0.25) is 0 Å². The van der Waals surface area contributed by atoms with Crippen LogP contribution in [0.5, 0.6) is 11.5 Å². The molecule has 0 unspecified atom stereocenters. The zero-order valence-corrected chi connectivity index (χ0v) is 25.5. The summed E-state index contributed by atoms with van der Waals surface area (Å²) in [6.07, 6.45) is 10.6. The molecule has 2 aliphatic heterocycles. The summed E-state index contributed by atoms with van der Waals surface area (Å²) >= 11 is 0. The third-order valence-corrected chi connectivity index (χ3v) is 10.3. The van der Waals surface area contributed by atoms with Crippen molar-refractivity contribution in [1.29, 1.82) is 0 Å². The number of aryl methyl sites for hydroxylation is 1. The first kappa shape index (κ1) is 30.8. The predicted molar refractivity (Wildman–Crippen MR) is 164 cm³/mol. The molecule has 2 aromatic rings. The zero-order chi connectivity index (χ0) is 29.5. The maximum atomic E-state index is 14.3. The summed E-state index contributed by atoms with van der Waals surface area (Å²) < 4.78 is 25.1. The summed E-state index contributed by atoms with van der Waals surface area (Å²) in [7, 11) is 3.35. The minimum Gasteiger partial charge on any atom is -0.493 e. The number of ether oxygens (including phenoxy) is 2. The van der Waals surface area contributed by atoms with Crippen LogP contribution in [0, 0.1) is 23.1 Å². The molecule has 0 amide bonds. The maximum Gasteiger partial charge on any atom is 0.310 e. The molecule has 6 nitrogen and oxygen atoms in total. The van der Waals surface area contributed by atoms with Crippen molar-refractivity contribution in [3.63, 3.8) is 0 Å². The van der Waals surface area contributed by atoms with Gasteiger partial charge in [-0.05, 0) is 98.8 Å². The number of carboxylic acid groups (broad SMARTS) is 1. The van der Waals surface area contributed by atoms with Crippen LogP contribution in [0.2, 0.25) is 0 Å². The summed E-state index contributed by atoms with van der Waals surface area (Å²) in [6.45, 7) is 5.53. The first-order valence-electron chi connectivity index (χ1n) is 16.0. The number of aliphatic carboxylic acids is 1. The molecule has 3 fully saturated rings. The lowest BCUT2D eigenvalue weighted by Crippen LogP contribution is -2.44. The number of piperidine rings is 1. The fraction of sp³-hybridized carbons (Fsp3) is 0.629. The van der Waals surface area contributed by atoms with E-state index in [0.29, 0.717) is 12.5 Å². The third-order valence-electron chi connectivity index (χ3n) is 10.3. The van der Waals surface area contributed by atoms with Crippen molar-refractivity contribution in [2.45, 2.75) is 70.1 Å². The van der Waals surface area contributed by atoms with E-state index in [0.717, 1.165) is 94.2 Å². The van der Waals surface area contributed by atoms with E-state index in [1.165, 1.54) is 37.3 Å². The Morgan fingerprint density at radius 3 is 2.43 bits per heavy atom. The Balaban J connectivity index is 1.15. The third kappa shape index (κ3) is 7.46. The normalized spacial score (nSPS) is 23.6. The molecule has 1 N–H and O–H groups in total. The van der Waals surface area contributed by atoms with Gasteiger partial charge in [-0.25, -0.2) is 4.39 Å². The van der Waals surface area contributed by atoms with Gasteiger partial charge < -0.3 is 24.4 Å². The smallest absolute Gasteiger partial charge is 0.310 e. The molecule has 0 spiro atoms. The number of carboxylic acids is 1. The number of rotatable bonds is 12. The van der Waals surface area contributed by atoms with Crippen LogP contribution >= 0.6 is 0 Å². The number of benzene rings is 2. The van der Waals surface area contributed by atoms with Gasteiger partial charge in [0.1, 0.15) is 5.82 Å². The minimum atomic E-state index is -0.638. The maximum absolute atomic E-state index is 14.3. The van der Waals surface area contributed by atoms with E-state index in [4.69, 9.17) is 9.47 Å². The molecule has 0 radical (unpaired) electrons. The van der Waals surface area contributed by atoms with Gasteiger partial charge in [-0.15, -0.1) is 0 Å². The Morgan fingerprint density at radius 2 is 1.74 bits per heavy atom. The highest BCUT2D eigenvalue weighted by Gasteiger charge is 2.44. The second-order valence-corrected chi connectivity index (χ2v) is 13.1. The largest absolute Gasteiger partial charge is 0.493 e. The van der Waals surface area contributed by atoms with E-state index in [2.05, 4.69) is 28.0 Å². The Hall–Kier alpha value is -2.64. The molecule has 2 atom stereocenters. The van der Waals surface area contributed by atoms with Crippen LogP contribution < -0.4 is 9.47 Å². The van der Waals surface area contributed by atoms with Crippen molar-refractivity contribution in [3.8, 4) is 11.5 Å². The number of carbonyl (C=O) groups is 1. The molecule has 42 heavy (non-hydrogen) atoms. The van der Waals surface area contributed by atoms with Crippen molar-refractivity contribution < 1.29 is 23.8 Å². The Labute approximate surface area is 251 Å². The van der Waals surface area contributed by atoms with Crippen LogP contribution in [0.3, 0.4) is 0 Å². The van der Waals surface area contributed by atoms with Crippen LogP contribution in [0.25, 0.3) is 0 Å². The van der Waals surface area contributed by atoms with Crippen molar-refractivity contribution >= 4 is 5.97 Å². The quantitative estimate of drug-likeness (QED) is 0.304. The minimum absolute atomic E-state index is 0.187. The lowest BCUT2D eigenvalue weighted by Gasteiger charge is -2.37. The summed E-state index contributed by atoms with van der Waals surface area (Å²) in [4.78, 5) is 17.4. The van der Waals surface area contributed by atoms with E-state index in [1.807, 2.05) is 12.1 Å². The van der Waals surface area contributed by atoms with Gasteiger partial charge in [-0.1, -0.05) is 43.9 Å². The molecule has 1 aliphatic carbocycles. The van der Waals surface area contributed by atoms with E-state index in [9.17, 15) is 14.3 Å². The van der Waals surface area contributed by atoms with E-state index in [-0.39, 0.29) is 11.7 Å². The van der Waals surface area contributed by atoms with Crippen molar-refractivity contribution in [2.24, 2.45) is 17.3 Å².